The molecule has 0 aliphatic rings. The highest BCUT2D eigenvalue weighted by Crippen LogP contribution is 2.21. The summed E-state index contributed by atoms with van der Waals surface area (Å²) in [6, 6.07) is 3.15. The Morgan fingerprint density at radius 3 is 2.42 bits per heavy atom. The molecule has 0 radical (unpaired) electrons. The molecule has 0 aromatic carbocycles. The average Bonchev–Trinajstić information content (AvgIpc) is 2.26. The van der Waals surface area contributed by atoms with E-state index in [0.717, 1.165) is 0 Å². The molecule has 2 aromatic heterocycles. The lowest BCUT2D eigenvalue weighted by atomic mass is 10.4. The number of rotatable bonds is 3. The summed E-state index contributed by atoms with van der Waals surface area (Å²) in [6.45, 7) is 3.51. The third kappa shape index (κ3) is 3.18. The van der Waals surface area contributed by atoms with Crippen LogP contribution in [0.25, 0.3) is 0 Å². The fourth-order valence-corrected chi connectivity index (χ4v) is 2.88. The second-order valence-electron chi connectivity index (χ2n) is 3.89. The average molecular weight is 299 g/mol. The van der Waals surface area contributed by atoms with Gasteiger partial charge >= 0.3 is 0 Å². The molecule has 0 spiro atoms. The van der Waals surface area contributed by atoms with Crippen LogP contribution in [0.3, 0.4) is 0 Å². The molecule has 1 N–H and O–H groups in total. The van der Waals surface area contributed by atoms with Crippen molar-refractivity contribution in [3.63, 3.8) is 0 Å². The van der Waals surface area contributed by atoms with Gasteiger partial charge in [0.25, 0.3) is 10.0 Å². The van der Waals surface area contributed by atoms with Crippen molar-refractivity contribution in [3.05, 3.63) is 40.9 Å². The monoisotopic (exact) mass is 298 g/mol. The minimum atomic E-state index is -3.85. The number of nitrogens with zero attached hydrogens (tertiary/aromatic N) is 3. The van der Waals surface area contributed by atoms with Crippen LogP contribution in [0, 0.1) is 13.8 Å². The van der Waals surface area contributed by atoms with Crippen LogP contribution in [0.1, 0.15) is 11.4 Å². The number of anilines is 1. The van der Waals surface area contributed by atoms with Crippen molar-refractivity contribution in [2.75, 3.05) is 4.72 Å². The van der Waals surface area contributed by atoms with Crippen molar-refractivity contribution in [1.29, 1.82) is 0 Å². The fourth-order valence-electron chi connectivity index (χ4n) is 1.51. The fraction of sp³-hybridized carbons (Fsp3) is 0.182. The van der Waals surface area contributed by atoms with Crippen molar-refractivity contribution >= 4 is 27.6 Å². The number of nitrogens with one attached hydrogen (secondary N) is 1. The normalized spacial score (nSPS) is 11.3. The Morgan fingerprint density at radius 2 is 1.84 bits per heavy atom. The largest absolute Gasteiger partial charge is 0.267 e. The summed E-state index contributed by atoms with van der Waals surface area (Å²) in [5.74, 6) is 0.0115. The van der Waals surface area contributed by atoms with Gasteiger partial charge in [-0.05, 0) is 26.0 Å². The van der Waals surface area contributed by atoms with Crippen molar-refractivity contribution in [2.24, 2.45) is 0 Å². The molecule has 0 saturated carbocycles. The number of aromatic nitrogens is 3. The first-order chi connectivity index (χ1) is 8.88. The van der Waals surface area contributed by atoms with Gasteiger partial charge in [0, 0.05) is 23.8 Å². The molecule has 0 atom stereocenters. The Balaban J connectivity index is 2.39. The number of hydrogen-bond donors (Lipinski definition) is 1. The molecular formula is C11H11ClN4O2S. The van der Waals surface area contributed by atoms with Gasteiger partial charge in [-0.1, -0.05) is 11.6 Å². The number of aryl methyl sites for hydroxylation is 2. The van der Waals surface area contributed by atoms with E-state index in [4.69, 9.17) is 11.6 Å². The van der Waals surface area contributed by atoms with E-state index in [-0.39, 0.29) is 15.9 Å². The molecule has 8 heteroatoms. The van der Waals surface area contributed by atoms with Crippen LogP contribution < -0.4 is 4.72 Å². The van der Waals surface area contributed by atoms with Crippen molar-refractivity contribution in [1.82, 2.24) is 15.0 Å². The van der Waals surface area contributed by atoms with Crippen LogP contribution in [0.2, 0.25) is 5.02 Å². The van der Waals surface area contributed by atoms with Gasteiger partial charge in [-0.3, -0.25) is 4.98 Å². The van der Waals surface area contributed by atoms with Crippen molar-refractivity contribution in [2.45, 2.75) is 18.7 Å². The highest BCUT2D eigenvalue weighted by molar-refractivity contribution is 7.92. The molecule has 2 rings (SSSR count). The minimum absolute atomic E-state index is 0.0115. The van der Waals surface area contributed by atoms with Crippen LogP contribution in [-0.4, -0.2) is 23.4 Å². The molecule has 100 valence electrons. The third-order valence-corrected chi connectivity index (χ3v) is 4.03. The van der Waals surface area contributed by atoms with Crippen LogP contribution in [0.15, 0.2) is 29.4 Å². The highest BCUT2D eigenvalue weighted by atomic mass is 35.5. The van der Waals surface area contributed by atoms with E-state index in [1.165, 1.54) is 18.5 Å². The molecule has 0 unspecified atom stereocenters. The van der Waals surface area contributed by atoms with E-state index in [9.17, 15) is 8.42 Å². The number of halogens is 1. The molecule has 6 nitrogen and oxygen atoms in total. The molecule has 2 heterocycles. The first kappa shape index (κ1) is 13.7. The van der Waals surface area contributed by atoms with Gasteiger partial charge in [-0.25, -0.2) is 23.1 Å². The quantitative estimate of drug-likeness (QED) is 0.936. The summed E-state index contributed by atoms with van der Waals surface area (Å²) < 4.78 is 26.5. The SMILES string of the molecule is Cc1cc(C)nc(NS(=O)(=O)c2cnccc2Cl)n1. The molecule has 0 bridgehead atoms. The maximum atomic E-state index is 12.1. The van der Waals surface area contributed by atoms with Crippen LogP contribution >= 0.6 is 11.6 Å². The summed E-state index contributed by atoms with van der Waals surface area (Å²) in [5.41, 5.74) is 1.34. The van der Waals surface area contributed by atoms with Crippen molar-refractivity contribution < 1.29 is 8.42 Å². The zero-order valence-electron chi connectivity index (χ0n) is 10.3. The summed E-state index contributed by atoms with van der Waals surface area (Å²) in [4.78, 5) is 11.7. The molecule has 0 aliphatic heterocycles. The molecule has 19 heavy (non-hydrogen) atoms. The first-order valence-electron chi connectivity index (χ1n) is 5.33. The van der Waals surface area contributed by atoms with Gasteiger partial charge in [0.05, 0.1) is 5.02 Å². The smallest absolute Gasteiger partial charge is 0.263 e. The Morgan fingerprint density at radius 1 is 1.21 bits per heavy atom. The van der Waals surface area contributed by atoms with Crippen molar-refractivity contribution in [3.8, 4) is 0 Å². The predicted molar refractivity (Wildman–Crippen MR) is 71.6 cm³/mol. The summed E-state index contributed by atoms with van der Waals surface area (Å²) in [6.07, 6.45) is 2.59. The molecule has 0 fully saturated rings. The standard InChI is InChI=1S/C11H11ClN4O2S/c1-7-5-8(2)15-11(14-7)16-19(17,18)10-6-13-4-3-9(10)12/h3-6H,1-2H3,(H,14,15,16). The van der Waals surface area contributed by atoms with Gasteiger partial charge in [-0.2, -0.15) is 0 Å². The second kappa shape index (κ2) is 5.10. The maximum absolute atomic E-state index is 12.1. The number of hydrogen-bond acceptors (Lipinski definition) is 5. The summed E-state index contributed by atoms with van der Waals surface area (Å²) in [7, 11) is -3.85. The van der Waals surface area contributed by atoms with Gasteiger partial charge in [0.15, 0.2) is 0 Å². The van der Waals surface area contributed by atoms with Gasteiger partial charge in [0.2, 0.25) is 5.95 Å². The highest BCUT2D eigenvalue weighted by Gasteiger charge is 2.19. The second-order valence-corrected chi connectivity index (χ2v) is 5.94. The topological polar surface area (TPSA) is 84.8 Å². The Kier molecular flexibility index (Phi) is 3.68. The lowest BCUT2D eigenvalue weighted by molar-refractivity contribution is 0.600. The van der Waals surface area contributed by atoms with E-state index < -0.39 is 10.0 Å². The Bertz CT molecular complexity index is 698. The van der Waals surface area contributed by atoms with Crippen LogP contribution in [0.4, 0.5) is 5.95 Å². The molecular weight excluding hydrogens is 288 g/mol. The van der Waals surface area contributed by atoms with Gasteiger partial charge < -0.3 is 0 Å². The van der Waals surface area contributed by atoms with E-state index >= 15 is 0 Å². The first-order valence-corrected chi connectivity index (χ1v) is 7.19. The predicted octanol–water partition coefficient (Wildman–Crippen LogP) is 1.94. The molecule has 0 aliphatic carbocycles. The zero-order valence-corrected chi connectivity index (χ0v) is 11.8. The molecule has 2 aromatic rings. The lowest BCUT2D eigenvalue weighted by Crippen LogP contribution is -2.16. The summed E-state index contributed by atoms with van der Waals surface area (Å²) in [5, 5.41) is 0.0897. The number of sulfonamides is 1. The van der Waals surface area contributed by atoms with Gasteiger partial charge in [-0.15, -0.1) is 0 Å². The third-order valence-electron chi connectivity index (χ3n) is 2.23. The lowest BCUT2D eigenvalue weighted by Gasteiger charge is -2.08. The van der Waals surface area contributed by atoms with E-state index in [1.807, 2.05) is 0 Å². The number of pyridine rings is 1. The Labute approximate surface area is 115 Å². The van der Waals surface area contributed by atoms with E-state index in [0.29, 0.717) is 11.4 Å². The molecule has 0 saturated heterocycles. The molecule has 0 amide bonds. The zero-order chi connectivity index (χ0) is 14.0. The minimum Gasteiger partial charge on any atom is -0.263 e. The maximum Gasteiger partial charge on any atom is 0.267 e. The van der Waals surface area contributed by atoms with E-state index in [1.54, 1.807) is 19.9 Å². The Hall–Kier alpha value is -1.73. The van der Waals surface area contributed by atoms with Gasteiger partial charge in [0.1, 0.15) is 4.90 Å². The summed E-state index contributed by atoms with van der Waals surface area (Å²) >= 11 is 5.84. The van der Waals surface area contributed by atoms with E-state index in [2.05, 4.69) is 19.7 Å². The van der Waals surface area contributed by atoms with Crippen LogP contribution in [0.5, 0.6) is 0 Å². The van der Waals surface area contributed by atoms with Crippen LogP contribution in [-0.2, 0) is 10.0 Å².